The highest BCUT2D eigenvalue weighted by molar-refractivity contribution is 6.06. The van der Waals surface area contributed by atoms with Crippen molar-refractivity contribution in [2.75, 3.05) is 26.6 Å². The van der Waals surface area contributed by atoms with Gasteiger partial charge in [0.25, 0.3) is 5.91 Å². The molecule has 0 radical (unpaired) electrons. The predicted molar refractivity (Wildman–Crippen MR) is 107 cm³/mol. The zero-order valence-corrected chi connectivity index (χ0v) is 16.6. The van der Waals surface area contributed by atoms with Crippen molar-refractivity contribution in [1.29, 1.82) is 0 Å². The van der Waals surface area contributed by atoms with Gasteiger partial charge in [0, 0.05) is 23.2 Å². The molecule has 1 heterocycles. The Kier molecular flexibility index (Phi) is 6.01. The quantitative estimate of drug-likeness (QED) is 0.721. The number of methoxy groups -OCH3 is 3. The summed E-state index contributed by atoms with van der Waals surface area (Å²) in [6, 6.07) is 10.2. The highest BCUT2D eigenvalue weighted by atomic mass is 16.6. The van der Waals surface area contributed by atoms with Crippen LogP contribution < -0.4 is 19.5 Å². The first-order valence-corrected chi connectivity index (χ1v) is 8.91. The van der Waals surface area contributed by atoms with Crippen molar-refractivity contribution in [1.82, 2.24) is 0 Å². The van der Waals surface area contributed by atoms with Gasteiger partial charge in [-0.05, 0) is 43.3 Å². The Morgan fingerprint density at radius 2 is 1.66 bits per heavy atom. The van der Waals surface area contributed by atoms with Crippen molar-refractivity contribution in [3.8, 4) is 17.2 Å². The molecule has 0 aliphatic carbocycles. The molecular formula is C21H22N2O6. The van der Waals surface area contributed by atoms with Crippen LogP contribution in [0.15, 0.2) is 41.6 Å². The SMILES string of the molecule is COc1cc(C2=NO[C@H](C(=O)Nc3ccc(C(C)=O)cc3)C2)cc(OC)c1OC. The molecule has 2 aromatic rings. The van der Waals surface area contributed by atoms with Gasteiger partial charge in [-0.1, -0.05) is 5.16 Å². The van der Waals surface area contributed by atoms with Crippen LogP contribution in [0, 0.1) is 0 Å². The molecule has 0 saturated carbocycles. The number of hydrogen-bond acceptors (Lipinski definition) is 7. The van der Waals surface area contributed by atoms with Gasteiger partial charge in [-0.3, -0.25) is 9.59 Å². The summed E-state index contributed by atoms with van der Waals surface area (Å²) < 4.78 is 16.0. The number of Topliss-reactive ketones (excluding diaryl/α,β-unsaturated/α-hetero) is 1. The van der Waals surface area contributed by atoms with E-state index in [-0.39, 0.29) is 18.1 Å². The topological polar surface area (TPSA) is 95.5 Å². The third-order valence-electron chi connectivity index (χ3n) is 4.52. The Balaban J connectivity index is 1.70. The molecule has 0 saturated heterocycles. The van der Waals surface area contributed by atoms with Crippen molar-refractivity contribution in [2.45, 2.75) is 19.4 Å². The van der Waals surface area contributed by atoms with Gasteiger partial charge in [0.05, 0.1) is 27.0 Å². The van der Waals surface area contributed by atoms with Gasteiger partial charge in [-0.25, -0.2) is 0 Å². The van der Waals surface area contributed by atoms with Crippen LogP contribution in [0.1, 0.15) is 29.3 Å². The van der Waals surface area contributed by atoms with Gasteiger partial charge < -0.3 is 24.4 Å². The van der Waals surface area contributed by atoms with Gasteiger partial charge >= 0.3 is 0 Å². The molecule has 8 heteroatoms. The Labute approximate surface area is 168 Å². The van der Waals surface area contributed by atoms with Crippen LogP contribution in [-0.4, -0.2) is 44.8 Å². The molecule has 29 heavy (non-hydrogen) atoms. The smallest absolute Gasteiger partial charge is 0.268 e. The molecule has 1 aliphatic rings. The monoisotopic (exact) mass is 398 g/mol. The molecule has 0 spiro atoms. The highest BCUT2D eigenvalue weighted by Crippen LogP contribution is 2.39. The van der Waals surface area contributed by atoms with E-state index in [1.54, 1.807) is 36.4 Å². The first-order chi connectivity index (χ1) is 14.0. The number of oxime groups is 1. The third kappa shape index (κ3) is 4.31. The summed E-state index contributed by atoms with van der Waals surface area (Å²) in [7, 11) is 4.59. The van der Waals surface area contributed by atoms with E-state index in [1.807, 2.05) is 0 Å². The van der Waals surface area contributed by atoms with Gasteiger partial charge in [0.15, 0.2) is 17.3 Å². The fourth-order valence-corrected chi connectivity index (χ4v) is 2.95. The molecule has 1 N–H and O–H groups in total. The van der Waals surface area contributed by atoms with Crippen LogP contribution in [0.5, 0.6) is 17.2 Å². The lowest BCUT2D eigenvalue weighted by molar-refractivity contribution is -0.125. The van der Waals surface area contributed by atoms with Crippen molar-refractivity contribution in [3.05, 3.63) is 47.5 Å². The second kappa shape index (κ2) is 8.64. The Morgan fingerprint density at radius 1 is 1.03 bits per heavy atom. The molecule has 0 bridgehead atoms. The number of ketones is 1. The zero-order chi connectivity index (χ0) is 21.0. The van der Waals surface area contributed by atoms with Crippen LogP contribution in [0.25, 0.3) is 0 Å². The summed E-state index contributed by atoms with van der Waals surface area (Å²) in [6.07, 6.45) is -0.479. The largest absolute Gasteiger partial charge is 0.493 e. The van der Waals surface area contributed by atoms with E-state index in [9.17, 15) is 9.59 Å². The number of anilines is 1. The maximum atomic E-state index is 12.5. The van der Waals surface area contributed by atoms with Gasteiger partial charge in [0.2, 0.25) is 11.9 Å². The Bertz CT molecular complexity index is 927. The van der Waals surface area contributed by atoms with E-state index in [2.05, 4.69) is 10.5 Å². The first kappa shape index (κ1) is 20.2. The lowest BCUT2D eigenvalue weighted by Crippen LogP contribution is -2.28. The van der Waals surface area contributed by atoms with Crippen LogP contribution in [0.3, 0.4) is 0 Å². The van der Waals surface area contributed by atoms with E-state index < -0.39 is 6.10 Å². The van der Waals surface area contributed by atoms with Crippen molar-refractivity contribution in [2.24, 2.45) is 5.16 Å². The van der Waals surface area contributed by atoms with Crippen LogP contribution in [0.2, 0.25) is 0 Å². The lowest BCUT2D eigenvalue weighted by Gasteiger charge is -2.14. The van der Waals surface area contributed by atoms with Crippen molar-refractivity contribution in [3.63, 3.8) is 0 Å². The minimum absolute atomic E-state index is 0.0367. The Morgan fingerprint density at radius 3 is 2.17 bits per heavy atom. The summed E-state index contributed by atoms with van der Waals surface area (Å²) in [5, 5.41) is 6.82. The molecule has 1 aliphatic heterocycles. The number of nitrogens with zero attached hydrogens (tertiary/aromatic N) is 1. The maximum Gasteiger partial charge on any atom is 0.268 e. The molecule has 0 aromatic heterocycles. The van der Waals surface area contributed by atoms with Gasteiger partial charge in [-0.2, -0.15) is 0 Å². The predicted octanol–water partition coefficient (Wildman–Crippen LogP) is 3.05. The molecule has 3 rings (SSSR count). The molecule has 2 aromatic carbocycles. The fourth-order valence-electron chi connectivity index (χ4n) is 2.95. The number of benzene rings is 2. The molecular weight excluding hydrogens is 376 g/mol. The summed E-state index contributed by atoms with van der Waals surface area (Å²) in [5.41, 5.74) is 2.45. The third-order valence-corrected chi connectivity index (χ3v) is 4.52. The normalized spacial score (nSPS) is 15.2. The first-order valence-electron chi connectivity index (χ1n) is 8.91. The average Bonchev–Trinajstić information content (AvgIpc) is 3.23. The van der Waals surface area contributed by atoms with Gasteiger partial charge in [0.1, 0.15) is 0 Å². The van der Waals surface area contributed by atoms with Crippen LogP contribution in [0.4, 0.5) is 5.69 Å². The molecule has 1 amide bonds. The van der Waals surface area contributed by atoms with Gasteiger partial charge in [-0.15, -0.1) is 0 Å². The number of amides is 1. The minimum atomic E-state index is -0.767. The van der Waals surface area contributed by atoms with Crippen LogP contribution >= 0.6 is 0 Å². The number of hydrogen-bond donors (Lipinski definition) is 1. The summed E-state index contributed by atoms with van der Waals surface area (Å²) >= 11 is 0. The Hall–Kier alpha value is -3.55. The van der Waals surface area contributed by atoms with E-state index in [0.717, 1.165) is 0 Å². The maximum absolute atomic E-state index is 12.5. The summed E-state index contributed by atoms with van der Waals surface area (Å²) in [5.74, 6) is 1.09. The second-order valence-corrected chi connectivity index (χ2v) is 6.37. The van der Waals surface area contributed by atoms with E-state index in [0.29, 0.717) is 39.8 Å². The van der Waals surface area contributed by atoms with Crippen molar-refractivity contribution < 1.29 is 28.6 Å². The van der Waals surface area contributed by atoms with Crippen LogP contribution in [-0.2, 0) is 9.63 Å². The average molecular weight is 398 g/mol. The molecule has 152 valence electrons. The highest BCUT2D eigenvalue weighted by Gasteiger charge is 2.30. The van der Waals surface area contributed by atoms with E-state index >= 15 is 0 Å². The van der Waals surface area contributed by atoms with E-state index in [1.165, 1.54) is 28.3 Å². The number of carbonyl (C=O) groups excluding carboxylic acids is 2. The van der Waals surface area contributed by atoms with E-state index in [4.69, 9.17) is 19.0 Å². The zero-order valence-electron chi connectivity index (χ0n) is 16.6. The minimum Gasteiger partial charge on any atom is -0.493 e. The fraction of sp³-hybridized carbons (Fsp3) is 0.286. The summed E-state index contributed by atoms with van der Waals surface area (Å²) in [6.45, 7) is 1.49. The summed E-state index contributed by atoms with van der Waals surface area (Å²) in [4.78, 5) is 29.2. The number of ether oxygens (including phenoxy) is 3. The lowest BCUT2D eigenvalue weighted by atomic mass is 10.0. The number of rotatable bonds is 7. The number of nitrogens with one attached hydrogen (secondary N) is 1. The molecule has 1 atom stereocenters. The second-order valence-electron chi connectivity index (χ2n) is 6.37. The molecule has 8 nitrogen and oxygen atoms in total. The van der Waals surface area contributed by atoms with Crippen molar-refractivity contribution >= 4 is 23.1 Å². The molecule has 0 fully saturated rings. The number of carbonyl (C=O) groups is 2. The molecule has 0 unspecified atom stereocenters. The standard InChI is InChI=1S/C21H22N2O6/c1-12(24)13-5-7-15(8-6-13)22-21(25)19-11-16(23-29-19)14-9-17(26-2)20(28-4)18(10-14)27-3/h5-10,19H,11H2,1-4H3,(H,22,25)/t19-/m0/s1.